The zero-order chi connectivity index (χ0) is 30.9. The van der Waals surface area contributed by atoms with Crippen LogP contribution in [0.3, 0.4) is 0 Å². The lowest BCUT2D eigenvalue weighted by molar-refractivity contribution is -0.119. The number of amides is 1. The first-order valence-corrected chi connectivity index (χ1v) is 15.2. The summed E-state index contributed by atoms with van der Waals surface area (Å²) in [5.74, 6) is 0.257. The Morgan fingerprint density at radius 2 is 1.89 bits per heavy atom. The number of aromatic amines is 2. The average molecular weight is 604 g/mol. The van der Waals surface area contributed by atoms with Gasteiger partial charge in [-0.2, -0.15) is 5.10 Å². The van der Waals surface area contributed by atoms with E-state index in [-0.39, 0.29) is 17.6 Å². The lowest BCUT2D eigenvalue weighted by Crippen LogP contribution is -2.20. The number of fused-ring (bicyclic) bond motifs is 2. The summed E-state index contributed by atoms with van der Waals surface area (Å²) in [6.07, 6.45) is 7.48. The van der Waals surface area contributed by atoms with Gasteiger partial charge in [0.2, 0.25) is 5.91 Å². The molecule has 1 aliphatic rings. The van der Waals surface area contributed by atoms with Gasteiger partial charge in [0.25, 0.3) is 0 Å². The van der Waals surface area contributed by atoms with Crippen molar-refractivity contribution < 1.29 is 13.9 Å². The number of hydrogen-bond donors (Lipinski definition) is 3. The largest absolute Gasteiger partial charge is 0.492 e. The predicted molar refractivity (Wildman–Crippen MR) is 174 cm³/mol. The number of carbonyl (C=O) groups is 1. The second-order valence-corrected chi connectivity index (χ2v) is 11.9. The van der Waals surface area contributed by atoms with Crippen LogP contribution >= 0.6 is 0 Å². The molecule has 7 rings (SSSR count). The zero-order valence-electron chi connectivity index (χ0n) is 25.2. The number of halogens is 1. The van der Waals surface area contributed by atoms with Crippen LogP contribution in [0.2, 0.25) is 0 Å². The van der Waals surface area contributed by atoms with Crippen LogP contribution in [0.4, 0.5) is 10.1 Å². The van der Waals surface area contributed by atoms with Gasteiger partial charge < -0.3 is 19.9 Å². The third kappa shape index (κ3) is 6.01. The number of pyridine rings is 2. The Kier molecular flexibility index (Phi) is 7.72. The molecule has 10 heteroatoms. The number of likely N-dealkylation sites (N-methyl/N-ethyl adjacent to an activating group) is 1. The van der Waals surface area contributed by atoms with Crippen LogP contribution in [-0.2, 0) is 4.79 Å². The van der Waals surface area contributed by atoms with Crippen molar-refractivity contribution in [2.24, 2.45) is 5.92 Å². The van der Waals surface area contributed by atoms with E-state index in [0.717, 1.165) is 71.0 Å². The number of hydrogen-bond acceptors (Lipinski definition) is 6. The van der Waals surface area contributed by atoms with Gasteiger partial charge in [0, 0.05) is 41.2 Å². The second kappa shape index (κ2) is 12.1. The van der Waals surface area contributed by atoms with Crippen molar-refractivity contribution in [2.45, 2.75) is 25.7 Å². The summed E-state index contributed by atoms with van der Waals surface area (Å²) in [6.45, 7) is 1.19. The van der Waals surface area contributed by atoms with Crippen molar-refractivity contribution in [1.29, 1.82) is 0 Å². The van der Waals surface area contributed by atoms with E-state index in [1.165, 1.54) is 12.1 Å². The maximum atomic E-state index is 14.7. The van der Waals surface area contributed by atoms with E-state index in [0.29, 0.717) is 34.9 Å². The summed E-state index contributed by atoms with van der Waals surface area (Å²) in [5, 5.41) is 11.7. The third-order valence-corrected chi connectivity index (χ3v) is 8.34. The molecule has 4 aromatic heterocycles. The molecule has 0 saturated heterocycles. The standard InChI is InChI=1S/C35H34FN7O2/c1-43(2)12-13-45-26-16-22(14-24(36)17-26)27-8-5-9-30-28(27)18-32(39-30)34-33-31(41-42-34)11-10-29(40-33)23-15-25(20-37-19-23)38-35(44)21-6-3-4-7-21/h5,8-11,14-21,39H,3-4,6-7,12-13H2,1-2H3,(H,38,44)(H,41,42). The number of H-pyrrole nitrogens is 2. The molecule has 228 valence electrons. The summed E-state index contributed by atoms with van der Waals surface area (Å²) in [5.41, 5.74) is 7.60. The van der Waals surface area contributed by atoms with E-state index in [1.54, 1.807) is 12.4 Å². The zero-order valence-corrected chi connectivity index (χ0v) is 25.2. The quantitative estimate of drug-likeness (QED) is 0.163. The minimum atomic E-state index is -0.355. The molecular weight excluding hydrogens is 569 g/mol. The molecule has 0 unspecified atom stereocenters. The molecule has 6 aromatic rings. The SMILES string of the molecule is CN(C)CCOc1cc(F)cc(-c2cccc3[nH]c(-c4n[nH]c5ccc(-c6cncc(NC(=O)C7CCCC7)c6)nc45)cc23)c1. The normalized spacial score (nSPS) is 13.7. The number of aromatic nitrogens is 5. The first-order valence-electron chi connectivity index (χ1n) is 15.2. The summed E-state index contributed by atoms with van der Waals surface area (Å²) < 4.78 is 20.5. The highest BCUT2D eigenvalue weighted by Crippen LogP contribution is 2.36. The molecule has 4 heterocycles. The molecule has 0 atom stereocenters. The van der Waals surface area contributed by atoms with Gasteiger partial charge in [0.1, 0.15) is 29.4 Å². The van der Waals surface area contributed by atoms with Gasteiger partial charge in [-0.1, -0.05) is 25.0 Å². The van der Waals surface area contributed by atoms with Gasteiger partial charge in [-0.25, -0.2) is 9.37 Å². The van der Waals surface area contributed by atoms with Crippen molar-refractivity contribution in [3.8, 4) is 39.5 Å². The number of anilines is 1. The lowest BCUT2D eigenvalue weighted by atomic mass is 10.0. The molecule has 0 aliphatic heterocycles. The monoisotopic (exact) mass is 603 g/mol. The van der Waals surface area contributed by atoms with Crippen molar-refractivity contribution in [1.82, 2.24) is 30.0 Å². The van der Waals surface area contributed by atoms with Gasteiger partial charge in [-0.15, -0.1) is 0 Å². The predicted octanol–water partition coefficient (Wildman–Crippen LogP) is 7.04. The summed E-state index contributed by atoms with van der Waals surface area (Å²) in [7, 11) is 3.94. The van der Waals surface area contributed by atoms with Crippen molar-refractivity contribution in [2.75, 3.05) is 32.6 Å². The van der Waals surface area contributed by atoms with Crippen LogP contribution < -0.4 is 10.1 Å². The number of ether oxygens (including phenoxy) is 1. The molecule has 1 amide bonds. The molecule has 0 spiro atoms. The summed E-state index contributed by atoms with van der Waals surface area (Å²) in [6, 6.07) is 18.5. The van der Waals surface area contributed by atoms with E-state index < -0.39 is 0 Å². The summed E-state index contributed by atoms with van der Waals surface area (Å²) >= 11 is 0. The molecule has 0 bridgehead atoms. The molecule has 3 N–H and O–H groups in total. The fourth-order valence-corrected chi connectivity index (χ4v) is 6.01. The maximum Gasteiger partial charge on any atom is 0.227 e. The van der Waals surface area contributed by atoms with E-state index >= 15 is 0 Å². The lowest BCUT2D eigenvalue weighted by Gasteiger charge is -2.12. The van der Waals surface area contributed by atoms with E-state index in [2.05, 4.69) is 25.5 Å². The Morgan fingerprint density at radius 1 is 1.02 bits per heavy atom. The summed E-state index contributed by atoms with van der Waals surface area (Å²) in [4.78, 5) is 27.5. The maximum absolute atomic E-state index is 14.7. The first-order chi connectivity index (χ1) is 21.9. The van der Waals surface area contributed by atoms with Crippen molar-refractivity contribution in [3.63, 3.8) is 0 Å². The van der Waals surface area contributed by atoms with Gasteiger partial charge in [-0.3, -0.25) is 14.9 Å². The average Bonchev–Trinajstić information content (AvgIpc) is 3.80. The Balaban J connectivity index is 1.20. The molecule has 1 fully saturated rings. The minimum Gasteiger partial charge on any atom is -0.492 e. The molecular formula is C35H34FN7O2. The van der Waals surface area contributed by atoms with E-state index in [9.17, 15) is 9.18 Å². The molecule has 0 radical (unpaired) electrons. The van der Waals surface area contributed by atoms with Crippen LogP contribution in [0.25, 0.3) is 55.7 Å². The number of rotatable bonds is 9. The van der Waals surface area contributed by atoms with Crippen LogP contribution in [0.15, 0.2) is 73.1 Å². The highest BCUT2D eigenvalue weighted by atomic mass is 19.1. The van der Waals surface area contributed by atoms with Gasteiger partial charge in [0.05, 0.1) is 28.8 Å². The first kappa shape index (κ1) is 28.7. The molecule has 1 saturated carbocycles. The number of nitrogens with one attached hydrogen (secondary N) is 3. The topological polar surface area (TPSA) is 112 Å². The highest BCUT2D eigenvalue weighted by molar-refractivity contribution is 6.00. The van der Waals surface area contributed by atoms with Gasteiger partial charge >= 0.3 is 0 Å². The van der Waals surface area contributed by atoms with Crippen molar-refractivity contribution in [3.05, 3.63) is 78.9 Å². The van der Waals surface area contributed by atoms with Gasteiger partial charge in [0.15, 0.2) is 0 Å². The highest BCUT2D eigenvalue weighted by Gasteiger charge is 2.23. The third-order valence-electron chi connectivity index (χ3n) is 8.34. The van der Waals surface area contributed by atoms with Gasteiger partial charge in [-0.05, 0) is 80.5 Å². The molecule has 2 aromatic carbocycles. The Labute approximate surface area is 259 Å². The van der Waals surface area contributed by atoms with Crippen LogP contribution in [0.1, 0.15) is 25.7 Å². The Hall–Kier alpha value is -5.09. The Bertz CT molecular complexity index is 2010. The van der Waals surface area contributed by atoms with Crippen LogP contribution in [0.5, 0.6) is 5.75 Å². The smallest absolute Gasteiger partial charge is 0.227 e. The number of nitrogens with zero attached hydrogens (tertiary/aromatic N) is 4. The molecule has 1 aliphatic carbocycles. The Morgan fingerprint density at radius 3 is 2.73 bits per heavy atom. The second-order valence-electron chi connectivity index (χ2n) is 11.9. The fraction of sp³-hybridized carbons (Fsp3) is 0.257. The van der Waals surface area contributed by atoms with E-state index in [1.807, 2.05) is 67.5 Å². The molecule has 9 nitrogen and oxygen atoms in total. The van der Waals surface area contributed by atoms with E-state index in [4.69, 9.17) is 9.72 Å². The molecule has 45 heavy (non-hydrogen) atoms. The van der Waals surface area contributed by atoms with Crippen LogP contribution in [0, 0.1) is 11.7 Å². The van der Waals surface area contributed by atoms with Crippen molar-refractivity contribution >= 4 is 33.5 Å². The number of benzene rings is 2. The fourth-order valence-electron chi connectivity index (χ4n) is 6.01. The van der Waals surface area contributed by atoms with Crippen LogP contribution in [-0.4, -0.2) is 63.2 Å². The minimum absolute atomic E-state index is 0.0523. The number of carbonyl (C=O) groups excluding carboxylic acids is 1.